The third-order valence-electron chi connectivity index (χ3n) is 5.98. The largest absolute Gasteiger partial charge is 0.487 e. The number of nitrogens with zero attached hydrogens (tertiary/aromatic N) is 3. The van der Waals surface area contributed by atoms with E-state index in [-0.39, 0.29) is 30.4 Å². The lowest BCUT2D eigenvalue weighted by Crippen LogP contribution is -2.41. The van der Waals surface area contributed by atoms with Gasteiger partial charge in [-0.25, -0.2) is 9.97 Å². The van der Waals surface area contributed by atoms with Gasteiger partial charge in [-0.2, -0.15) is 0 Å². The van der Waals surface area contributed by atoms with Crippen LogP contribution in [-0.2, 0) is 16.0 Å². The summed E-state index contributed by atoms with van der Waals surface area (Å²) in [6, 6.07) is 17.7. The van der Waals surface area contributed by atoms with E-state index in [1.54, 1.807) is 23.4 Å². The second-order valence-electron chi connectivity index (χ2n) is 8.20. The molecule has 0 bridgehead atoms. The molecular formula is C25H24N4O3. The Bertz CT molecular complexity index is 1120. The Labute approximate surface area is 186 Å². The number of carbonyl (C=O) groups is 2. The fraction of sp³-hybridized carbons (Fsp3) is 0.280. The quantitative estimate of drug-likeness (QED) is 0.652. The second-order valence-corrected chi connectivity index (χ2v) is 8.20. The Morgan fingerprint density at radius 3 is 2.66 bits per heavy atom. The number of aromatic nitrogens is 2. The third-order valence-corrected chi connectivity index (χ3v) is 5.98. The number of rotatable bonds is 6. The highest BCUT2D eigenvalue weighted by atomic mass is 16.5. The number of fused-ring (bicyclic) bond motifs is 1. The summed E-state index contributed by atoms with van der Waals surface area (Å²) in [7, 11) is 0. The summed E-state index contributed by atoms with van der Waals surface area (Å²) < 4.78 is 6.13. The minimum atomic E-state index is -0.168. The van der Waals surface area contributed by atoms with E-state index in [2.05, 4.69) is 15.3 Å². The van der Waals surface area contributed by atoms with Crippen LogP contribution >= 0.6 is 0 Å². The minimum absolute atomic E-state index is 0.0195. The second kappa shape index (κ2) is 8.78. The molecule has 1 saturated heterocycles. The number of hydrogen-bond acceptors (Lipinski definition) is 5. The van der Waals surface area contributed by atoms with Gasteiger partial charge in [0, 0.05) is 37.7 Å². The van der Waals surface area contributed by atoms with E-state index >= 15 is 0 Å². The summed E-state index contributed by atoms with van der Waals surface area (Å²) in [5.74, 6) is 1.39. The van der Waals surface area contributed by atoms with Gasteiger partial charge in [0.1, 0.15) is 11.9 Å². The van der Waals surface area contributed by atoms with Gasteiger partial charge < -0.3 is 15.0 Å². The van der Waals surface area contributed by atoms with Crippen molar-refractivity contribution in [2.24, 2.45) is 0 Å². The summed E-state index contributed by atoms with van der Waals surface area (Å²) in [6.07, 6.45) is 4.40. The Morgan fingerprint density at radius 1 is 1.03 bits per heavy atom. The number of carbonyl (C=O) groups excluding carboxylic acids is 2. The maximum atomic E-state index is 12.5. The first-order valence-electron chi connectivity index (χ1n) is 10.8. The number of amides is 2. The first-order chi connectivity index (χ1) is 15.7. The number of ether oxygens (including phenoxy) is 1. The van der Waals surface area contributed by atoms with Crippen molar-refractivity contribution >= 4 is 11.8 Å². The molecule has 0 spiro atoms. The van der Waals surface area contributed by atoms with E-state index in [4.69, 9.17) is 4.74 Å². The van der Waals surface area contributed by atoms with Gasteiger partial charge in [-0.05, 0) is 23.3 Å². The smallest absolute Gasteiger partial charge is 0.239 e. The predicted octanol–water partition coefficient (Wildman–Crippen LogP) is 2.58. The van der Waals surface area contributed by atoms with Crippen molar-refractivity contribution in [1.29, 1.82) is 0 Å². The molecule has 0 saturated carbocycles. The molecule has 5 rings (SSSR count). The molecule has 7 heteroatoms. The van der Waals surface area contributed by atoms with Crippen LogP contribution in [0.1, 0.15) is 23.5 Å². The van der Waals surface area contributed by atoms with Crippen LogP contribution in [0.25, 0.3) is 11.4 Å². The van der Waals surface area contributed by atoms with Crippen molar-refractivity contribution in [2.45, 2.75) is 24.9 Å². The maximum absolute atomic E-state index is 12.5. The average Bonchev–Trinajstić information content (AvgIpc) is 3.42. The predicted molar refractivity (Wildman–Crippen MR) is 119 cm³/mol. The summed E-state index contributed by atoms with van der Waals surface area (Å²) in [5, 5.41) is 2.93. The van der Waals surface area contributed by atoms with Crippen LogP contribution in [0.4, 0.5) is 0 Å². The number of benzene rings is 2. The van der Waals surface area contributed by atoms with E-state index in [1.807, 2.05) is 48.5 Å². The lowest BCUT2D eigenvalue weighted by atomic mass is 9.99. The van der Waals surface area contributed by atoms with Gasteiger partial charge in [0.05, 0.1) is 18.7 Å². The molecule has 2 aliphatic heterocycles. The van der Waals surface area contributed by atoms with Crippen LogP contribution in [0.2, 0.25) is 0 Å². The molecule has 162 valence electrons. The molecule has 3 heterocycles. The zero-order chi connectivity index (χ0) is 21.9. The van der Waals surface area contributed by atoms with Crippen LogP contribution in [-0.4, -0.2) is 52.4 Å². The van der Waals surface area contributed by atoms with Crippen LogP contribution in [0.5, 0.6) is 5.75 Å². The number of para-hydroxylation sites is 1. The first-order valence-corrected chi connectivity index (χ1v) is 10.8. The number of nitrogens with one attached hydrogen (secondary N) is 1. The highest BCUT2D eigenvalue weighted by molar-refractivity contribution is 5.86. The fourth-order valence-electron chi connectivity index (χ4n) is 4.40. The van der Waals surface area contributed by atoms with Crippen LogP contribution < -0.4 is 10.1 Å². The molecule has 2 aliphatic rings. The molecule has 1 aromatic heterocycles. The van der Waals surface area contributed by atoms with Crippen LogP contribution in [0, 0.1) is 0 Å². The third kappa shape index (κ3) is 4.19. The Hall–Kier alpha value is -3.74. The molecule has 1 fully saturated rings. The number of likely N-dealkylation sites (tertiary alicyclic amines) is 1. The molecule has 1 N–H and O–H groups in total. The first kappa shape index (κ1) is 20.2. The minimum Gasteiger partial charge on any atom is -0.487 e. The van der Waals surface area contributed by atoms with Gasteiger partial charge >= 0.3 is 0 Å². The summed E-state index contributed by atoms with van der Waals surface area (Å²) >= 11 is 0. The van der Waals surface area contributed by atoms with Gasteiger partial charge in [0.15, 0.2) is 5.82 Å². The Morgan fingerprint density at radius 2 is 1.84 bits per heavy atom. The standard InChI is InChI=1S/C25H24N4O3/c30-22(16-29-15-19(13-23(29)31)17-6-2-1-3-7-17)28-14-20-12-18-8-4-9-21(24(18)32-20)25-26-10-5-11-27-25/h1-11,19-20H,12-16H2,(H,28,30)/t19-,20+/m1/s1. The maximum Gasteiger partial charge on any atom is 0.239 e. The van der Waals surface area contributed by atoms with E-state index in [1.165, 1.54) is 0 Å². The molecule has 2 atom stereocenters. The molecular weight excluding hydrogens is 404 g/mol. The van der Waals surface area contributed by atoms with E-state index in [0.717, 1.165) is 22.4 Å². The van der Waals surface area contributed by atoms with E-state index in [0.29, 0.717) is 31.8 Å². The van der Waals surface area contributed by atoms with Crippen LogP contribution in [0.15, 0.2) is 67.0 Å². The van der Waals surface area contributed by atoms with Gasteiger partial charge in [-0.1, -0.05) is 42.5 Å². The van der Waals surface area contributed by atoms with E-state index < -0.39 is 0 Å². The van der Waals surface area contributed by atoms with Crippen molar-refractivity contribution in [2.75, 3.05) is 19.6 Å². The molecule has 0 unspecified atom stereocenters. The van der Waals surface area contributed by atoms with Crippen LogP contribution in [0.3, 0.4) is 0 Å². The van der Waals surface area contributed by atoms with Crippen molar-refractivity contribution < 1.29 is 14.3 Å². The van der Waals surface area contributed by atoms with Crippen molar-refractivity contribution in [3.05, 3.63) is 78.1 Å². The zero-order valence-corrected chi connectivity index (χ0v) is 17.6. The van der Waals surface area contributed by atoms with Crippen molar-refractivity contribution in [1.82, 2.24) is 20.2 Å². The normalized spacial score (nSPS) is 19.5. The van der Waals surface area contributed by atoms with E-state index in [9.17, 15) is 9.59 Å². The summed E-state index contributed by atoms with van der Waals surface area (Å²) in [4.78, 5) is 35.2. The molecule has 2 amide bonds. The molecule has 32 heavy (non-hydrogen) atoms. The lowest BCUT2D eigenvalue weighted by molar-refractivity contribution is -0.133. The lowest BCUT2D eigenvalue weighted by Gasteiger charge is -2.18. The molecule has 3 aromatic rings. The highest BCUT2D eigenvalue weighted by Gasteiger charge is 2.32. The SMILES string of the molecule is O=C(CN1C[C@H](c2ccccc2)CC1=O)NC[C@@H]1Cc2cccc(-c3ncccn3)c2O1. The van der Waals surface area contributed by atoms with Gasteiger partial charge in [0.25, 0.3) is 0 Å². The molecule has 0 aliphatic carbocycles. The fourth-order valence-corrected chi connectivity index (χ4v) is 4.40. The van der Waals surface area contributed by atoms with Crippen molar-refractivity contribution in [3.63, 3.8) is 0 Å². The average molecular weight is 428 g/mol. The van der Waals surface area contributed by atoms with Crippen molar-refractivity contribution in [3.8, 4) is 17.1 Å². The number of hydrogen-bond donors (Lipinski definition) is 1. The van der Waals surface area contributed by atoms with Gasteiger partial charge in [0.2, 0.25) is 11.8 Å². The monoisotopic (exact) mass is 428 g/mol. The van der Waals surface area contributed by atoms with Gasteiger partial charge in [-0.3, -0.25) is 9.59 Å². The summed E-state index contributed by atoms with van der Waals surface area (Å²) in [5.41, 5.74) is 3.07. The highest BCUT2D eigenvalue weighted by Crippen LogP contribution is 2.37. The Balaban J connectivity index is 1.15. The molecule has 2 aromatic carbocycles. The zero-order valence-electron chi connectivity index (χ0n) is 17.6. The topological polar surface area (TPSA) is 84.4 Å². The summed E-state index contributed by atoms with van der Waals surface area (Å²) in [6.45, 7) is 1.03. The Kier molecular flexibility index (Phi) is 5.54. The molecule has 7 nitrogen and oxygen atoms in total. The molecule has 0 radical (unpaired) electrons. The van der Waals surface area contributed by atoms with Gasteiger partial charge in [-0.15, -0.1) is 0 Å².